The molecule has 4 aromatic rings. The summed E-state index contributed by atoms with van der Waals surface area (Å²) in [5.41, 5.74) is 0. The zero-order valence-corrected chi connectivity index (χ0v) is 11.2. The molecule has 0 spiro atoms. The predicted octanol–water partition coefficient (Wildman–Crippen LogP) is 4.59. The van der Waals surface area contributed by atoms with Gasteiger partial charge >= 0.3 is 6.47 Å². The molecule has 0 atom stereocenters. The molecule has 0 unspecified atom stereocenters. The van der Waals surface area contributed by atoms with Crippen LogP contribution in [0.4, 0.5) is 0 Å². The van der Waals surface area contributed by atoms with E-state index in [-0.39, 0.29) is 0 Å². The zero-order valence-electron chi connectivity index (χ0n) is 11.2. The minimum absolute atomic E-state index is 0.539. The van der Waals surface area contributed by atoms with Crippen molar-refractivity contribution < 1.29 is 9.53 Å². The Labute approximate surface area is 121 Å². The molecule has 0 bridgehead atoms. The van der Waals surface area contributed by atoms with Crippen LogP contribution in [-0.2, 0) is 4.79 Å². The molecule has 2 heteroatoms. The van der Waals surface area contributed by atoms with Crippen LogP contribution in [0.15, 0.2) is 66.7 Å². The summed E-state index contributed by atoms with van der Waals surface area (Å²) in [6, 6.07) is 22.5. The molecule has 0 aliphatic heterocycles. The number of fused-ring (bicyclic) bond motifs is 3. The van der Waals surface area contributed by atoms with E-state index in [1.807, 2.05) is 24.3 Å². The second-order valence-electron chi connectivity index (χ2n) is 5.06. The lowest BCUT2D eigenvalue weighted by atomic mass is 9.99. The minimum Gasteiger partial charge on any atom is -0.417 e. The monoisotopic (exact) mass is 271 g/mol. The van der Waals surface area contributed by atoms with Gasteiger partial charge in [-0.05, 0) is 57.3 Å². The number of hydrogen-bond acceptors (Lipinski definition) is 2. The highest BCUT2D eigenvalue weighted by molar-refractivity contribution is 6.06. The summed E-state index contributed by atoms with van der Waals surface area (Å²) < 4.78 is 4.95. The lowest BCUT2D eigenvalue weighted by Gasteiger charge is -2.07. The number of benzene rings is 4. The van der Waals surface area contributed by atoms with E-state index < -0.39 is 0 Å². The van der Waals surface area contributed by atoms with Gasteiger partial charge in [-0.15, -0.1) is 0 Å². The third kappa shape index (κ3) is 1.93. The van der Waals surface area contributed by atoms with Crippen LogP contribution in [0.3, 0.4) is 0 Å². The minimum atomic E-state index is 0.539. The number of ether oxygens (including phenoxy) is 1. The van der Waals surface area contributed by atoms with Crippen LogP contribution in [-0.4, -0.2) is 6.47 Å². The molecule has 0 aliphatic carbocycles. The zero-order chi connectivity index (χ0) is 14.2. The van der Waals surface area contributed by atoms with Crippen molar-refractivity contribution in [2.24, 2.45) is 0 Å². The van der Waals surface area contributed by atoms with E-state index >= 15 is 0 Å². The van der Waals surface area contributed by atoms with Crippen LogP contribution < -0.4 is 4.74 Å². The van der Waals surface area contributed by atoms with Gasteiger partial charge in [0.2, 0.25) is 0 Å². The van der Waals surface area contributed by atoms with Gasteiger partial charge in [-0.1, -0.05) is 36.4 Å². The van der Waals surface area contributed by atoms with Gasteiger partial charge in [0, 0.05) is 5.39 Å². The topological polar surface area (TPSA) is 26.3 Å². The first-order valence-corrected chi connectivity index (χ1v) is 6.74. The summed E-state index contributed by atoms with van der Waals surface area (Å²) in [7, 11) is 0. The highest BCUT2D eigenvalue weighted by atomic mass is 16.5. The van der Waals surface area contributed by atoms with Crippen molar-refractivity contribution in [1.29, 1.82) is 0 Å². The highest BCUT2D eigenvalue weighted by Crippen LogP contribution is 2.31. The summed E-state index contributed by atoms with van der Waals surface area (Å²) in [4.78, 5) is 10.5. The first kappa shape index (κ1) is 11.9. The number of rotatable bonds is 2. The molecule has 1 radical (unpaired) electrons. The average molecular weight is 271 g/mol. The van der Waals surface area contributed by atoms with Gasteiger partial charge < -0.3 is 4.74 Å². The Hall–Kier alpha value is -2.87. The molecule has 0 amide bonds. The Kier molecular flexibility index (Phi) is 2.61. The highest BCUT2D eigenvalue weighted by Gasteiger charge is 2.05. The van der Waals surface area contributed by atoms with Crippen LogP contribution in [0, 0.1) is 0 Å². The van der Waals surface area contributed by atoms with E-state index in [0.29, 0.717) is 5.75 Å². The maximum atomic E-state index is 10.5. The van der Waals surface area contributed by atoms with Crippen molar-refractivity contribution in [2.75, 3.05) is 0 Å². The molecule has 0 fully saturated rings. The van der Waals surface area contributed by atoms with E-state index in [1.165, 1.54) is 22.6 Å². The second-order valence-corrected chi connectivity index (χ2v) is 5.06. The van der Waals surface area contributed by atoms with Crippen molar-refractivity contribution in [3.8, 4) is 5.75 Å². The van der Waals surface area contributed by atoms with Crippen LogP contribution in [0.5, 0.6) is 5.75 Å². The van der Waals surface area contributed by atoms with Crippen LogP contribution in [0.25, 0.3) is 32.3 Å². The summed E-state index contributed by atoms with van der Waals surface area (Å²) in [6.07, 6.45) is 0. The van der Waals surface area contributed by atoms with E-state index in [1.54, 1.807) is 6.07 Å². The Morgan fingerprint density at radius 1 is 0.667 bits per heavy atom. The molecule has 99 valence electrons. The molecule has 0 heterocycles. The van der Waals surface area contributed by atoms with Gasteiger partial charge in [0.25, 0.3) is 0 Å². The number of hydrogen-bond donors (Lipinski definition) is 0. The predicted molar refractivity (Wildman–Crippen MR) is 85.3 cm³/mol. The molecule has 0 aromatic heterocycles. The second kappa shape index (κ2) is 4.60. The summed E-state index contributed by atoms with van der Waals surface area (Å²) in [6.45, 7) is 1.50. The lowest BCUT2D eigenvalue weighted by Crippen LogP contribution is -1.89. The first-order valence-electron chi connectivity index (χ1n) is 6.74. The van der Waals surface area contributed by atoms with Gasteiger partial charge in [0.1, 0.15) is 5.75 Å². The first-order chi connectivity index (χ1) is 10.3. The van der Waals surface area contributed by atoms with Crippen molar-refractivity contribution in [3.05, 3.63) is 66.7 Å². The summed E-state index contributed by atoms with van der Waals surface area (Å²) in [5, 5.41) is 6.69. The Balaban J connectivity index is 2.10. The van der Waals surface area contributed by atoms with E-state index in [4.69, 9.17) is 4.74 Å². The van der Waals surface area contributed by atoms with E-state index in [9.17, 15) is 4.79 Å². The van der Waals surface area contributed by atoms with Crippen LogP contribution in [0.2, 0.25) is 0 Å². The Bertz CT molecular complexity index is 986. The molecular formula is C19H11O2. The smallest absolute Gasteiger partial charge is 0.417 e. The van der Waals surface area contributed by atoms with Gasteiger partial charge in [-0.25, -0.2) is 4.79 Å². The molecule has 0 aliphatic rings. The third-order valence-electron chi connectivity index (χ3n) is 3.81. The largest absolute Gasteiger partial charge is 0.423 e. The van der Waals surface area contributed by atoms with Crippen molar-refractivity contribution >= 4 is 38.8 Å². The van der Waals surface area contributed by atoms with E-state index in [0.717, 1.165) is 16.2 Å². The molecule has 21 heavy (non-hydrogen) atoms. The SMILES string of the molecule is O=[C]Oc1cccc2cc3cc4ccccc4cc3cc12. The van der Waals surface area contributed by atoms with Gasteiger partial charge in [0.05, 0.1) is 0 Å². The molecular weight excluding hydrogens is 260 g/mol. The van der Waals surface area contributed by atoms with Crippen LogP contribution in [0.1, 0.15) is 0 Å². The molecule has 4 aromatic carbocycles. The summed E-state index contributed by atoms with van der Waals surface area (Å²) in [5.74, 6) is 0.539. The Morgan fingerprint density at radius 2 is 1.29 bits per heavy atom. The molecule has 0 N–H and O–H groups in total. The maximum absolute atomic E-state index is 10.5. The maximum Gasteiger partial charge on any atom is 0.423 e. The van der Waals surface area contributed by atoms with Crippen molar-refractivity contribution in [2.45, 2.75) is 0 Å². The van der Waals surface area contributed by atoms with Gasteiger partial charge in [-0.3, -0.25) is 0 Å². The van der Waals surface area contributed by atoms with Crippen molar-refractivity contribution in [1.82, 2.24) is 0 Å². The van der Waals surface area contributed by atoms with Gasteiger partial charge in [0.15, 0.2) is 0 Å². The van der Waals surface area contributed by atoms with E-state index in [2.05, 4.69) is 36.4 Å². The average Bonchev–Trinajstić information content (AvgIpc) is 2.52. The molecule has 0 saturated heterocycles. The van der Waals surface area contributed by atoms with Gasteiger partial charge in [-0.2, -0.15) is 0 Å². The molecule has 4 rings (SSSR count). The lowest BCUT2D eigenvalue weighted by molar-refractivity contribution is 0.445. The molecule has 2 nitrogen and oxygen atoms in total. The van der Waals surface area contributed by atoms with Crippen LogP contribution >= 0.6 is 0 Å². The third-order valence-corrected chi connectivity index (χ3v) is 3.81. The normalized spacial score (nSPS) is 11.0. The standard InChI is InChI=1S/C19H11O2/c20-12-21-19-7-3-6-15-10-16-8-13-4-1-2-5-14(13)9-17(16)11-18(15)19/h1-11H. The van der Waals surface area contributed by atoms with Crippen molar-refractivity contribution in [3.63, 3.8) is 0 Å². The summed E-state index contributed by atoms with van der Waals surface area (Å²) >= 11 is 0. The molecule has 0 saturated carbocycles. The fourth-order valence-electron chi connectivity index (χ4n) is 2.82. The fourth-order valence-corrected chi connectivity index (χ4v) is 2.82. The fraction of sp³-hybridized carbons (Fsp3) is 0. The quantitative estimate of drug-likeness (QED) is 0.498. The Morgan fingerprint density at radius 3 is 2.00 bits per heavy atom. The number of carbonyl (C=O) groups excluding carboxylic acids is 1.